The second-order valence-corrected chi connectivity index (χ2v) is 6.29. The maximum atomic E-state index is 12.1. The molecule has 4 rings (SSSR count). The Labute approximate surface area is 162 Å². The summed E-state index contributed by atoms with van der Waals surface area (Å²) < 4.78 is 1.77. The summed E-state index contributed by atoms with van der Waals surface area (Å²) in [6, 6.07) is 19.7. The van der Waals surface area contributed by atoms with E-state index < -0.39 is 0 Å². The van der Waals surface area contributed by atoms with Crippen LogP contribution in [0.25, 0.3) is 16.7 Å². The van der Waals surface area contributed by atoms with Gasteiger partial charge in [0.15, 0.2) is 5.65 Å². The zero-order valence-corrected chi connectivity index (χ0v) is 15.2. The smallest absolute Gasteiger partial charge is 0.222 e. The number of anilines is 1. The van der Waals surface area contributed by atoms with Crippen LogP contribution in [0.4, 0.5) is 5.82 Å². The zero-order chi connectivity index (χ0) is 19.2. The molecule has 7 heteroatoms. The van der Waals surface area contributed by atoms with Crippen LogP contribution in [-0.2, 0) is 11.3 Å². The minimum atomic E-state index is -0.0124. The van der Waals surface area contributed by atoms with Crippen molar-refractivity contribution in [2.45, 2.75) is 13.0 Å². The van der Waals surface area contributed by atoms with Crippen LogP contribution in [0.3, 0.4) is 0 Å². The number of amides is 1. The summed E-state index contributed by atoms with van der Waals surface area (Å²) in [6.45, 7) is 1.00. The molecule has 0 atom stereocenters. The first-order valence-electron chi connectivity index (χ1n) is 9.10. The van der Waals surface area contributed by atoms with Crippen LogP contribution in [0.15, 0.2) is 73.2 Å². The van der Waals surface area contributed by atoms with E-state index in [9.17, 15) is 4.79 Å². The van der Waals surface area contributed by atoms with Crippen LogP contribution in [0.5, 0.6) is 0 Å². The lowest BCUT2D eigenvalue weighted by molar-refractivity contribution is -0.121. The van der Waals surface area contributed by atoms with E-state index in [0.29, 0.717) is 25.3 Å². The molecule has 0 saturated heterocycles. The lowest BCUT2D eigenvalue weighted by Gasteiger charge is -2.08. The highest BCUT2D eigenvalue weighted by Gasteiger charge is 2.11. The first kappa shape index (κ1) is 17.7. The highest BCUT2D eigenvalue weighted by Crippen LogP contribution is 2.21. The summed E-state index contributed by atoms with van der Waals surface area (Å²) in [5, 5.41) is 11.4. The Kier molecular flexibility index (Phi) is 5.24. The highest BCUT2D eigenvalue weighted by molar-refractivity contribution is 5.87. The maximum absolute atomic E-state index is 12.1. The quantitative estimate of drug-likeness (QED) is 0.521. The topological polar surface area (TPSA) is 84.7 Å². The molecule has 0 aliphatic rings. The van der Waals surface area contributed by atoms with Gasteiger partial charge in [-0.25, -0.2) is 14.6 Å². The largest absolute Gasteiger partial charge is 0.369 e. The monoisotopic (exact) mass is 372 g/mol. The molecule has 0 radical (unpaired) electrons. The Hall–Kier alpha value is -3.74. The fourth-order valence-electron chi connectivity index (χ4n) is 2.92. The number of fused-ring (bicyclic) bond motifs is 1. The van der Waals surface area contributed by atoms with Gasteiger partial charge in [-0.2, -0.15) is 5.10 Å². The van der Waals surface area contributed by atoms with E-state index in [1.807, 2.05) is 60.7 Å². The Morgan fingerprint density at radius 2 is 1.71 bits per heavy atom. The Morgan fingerprint density at radius 3 is 2.50 bits per heavy atom. The standard InChI is InChI=1S/C21H20N6O/c28-19(23-13-16-7-3-1-4-8-16)11-12-22-20-18-14-26-27(21(18)25-15-24-20)17-9-5-2-6-10-17/h1-10,14-15H,11-13H2,(H,23,28)(H,22,24,25). The summed E-state index contributed by atoms with van der Waals surface area (Å²) in [4.78, 5) is 20.7. The Morgan fingerprint density at radius 1 is 0.964 bits per heavy atom. The number of rotatable bonds is 7. The van der Waals surface area contributed by atoms with Crippen LogP contribution >= 0.6 is 0 Å². The van der Waals surface area contributed by atoms with Crippen LogP contribution in [0.2, 0.25) is 0 Å². The molecule has 7 nitrogen and oxygen atoms in total. The normalized spacial score (nSPS) is 10.7. The number of hydrogen-bond acceptors (Lipinski definition) is 5. The molecular formula is C21H20N6O. The fourth-order valence-corrected chi connectivity index (χ4v) is 2.92. The molecule has 2 heterocycles. The summed E-state index contributed by atoms with van der Waals surface area (Å²) >= 11 is 0. The number of nitrogens with one attached hydrogen (secondary N) is 2. The van der Waals surface area contributed by atoms with Gasteiger partial charge in [0.2, 0.25) is 5.91 Å². The molecule has 140 valence electrons. The van der Waals surface area contributed by atoms with Gasteiger partial charge in [0, 0.05) is 19.5 Å². The third kappa shape index (κ3) is 3.98. The number of nitrogens with zero attached hydrogens (tertiary/aromatic N) is 4. The van der Waals surface area contributed by atoms with Gasteiger partial charge in [-0.3, -0.25) is 4.79 Å². The molecule has 0 unspecified atom stereocenters. The summed E-state index contributed by atoms with van der Waals surface area (Å²) in [7, 11) is 0. The lowest BCUT2D eigenvalue weighted by atomic mass is 10.2. The summed E-state index contributed by atoms with van der Waals surface area (Å²) in [6.07, 6.45) is 3.59. The number of hydrogen-bond donors (Lipinski definition) is 2. The number of carbonyl (C=O) groups is 1. The third-order valence-electron chi connectivity index (χ3n) is 4.34. The molecule has 28 heavy (non-hydrogen) atoms. The van der Waals surface area contributed by atoms with Crippen molar-refractivity contribution in [1.29, 1.82) is 0 Å². The molecule has 0 bridgehead atoms. The SMILES string of the molecule is O=C(CCNc1ncnc2c1cnn2-c1ccccc1)NCc1ccccc1. The fraction of sp³-hybridized carbons (Fsp3) is 0.143. The number of benzene rings is 2. The minimum absolute atomic E-state index is 0.0124. The van der Waals surface area contributed by atoms with Gasteiger partial charge in [0.1, 0.15) is 12.1 Å². The first-order chi connectivity index (χ1) is 13.8. The van der Waals surface area contributed by atoms with Crippen LogP contribution in [0, 0.1) is 0 Å². The second kappa shape index (κ2) is 8.30. The lowest BCUT2D eigenvalue weighted by Crippen LogP contribution is -2.25. The van der Waals surface area contributed by atoms with E-state index in [0.717, 1.165) is 22.3 Å². The molecule has 2 aromatic carbocycles. The molecule has 4 aromatic rings. The summed E-state index contributed by atoms with van der Waals surface area (Å²) in [5.41, 5.74) is 2.73. The Balaban J connectivity index is 1.37. The molecule has 0 fully saturated rings. The van der Waals surface area contributed by atoms with E-state index in [4.69, 9.17) is 0 Å². The Bertz CT molecular complexity index is 1060. The van der Waals surface area contributed by atoms with Crippen LogP contribution in [0.1, 0.15) is 12.0 Å². The number of carbonyl (C=O) groups excluding carboxylic acids is 1. The predicted molar refractivity (Wildman–Crippen MR) is 108 cm³/mol. The zero-order valence-electron chi connectivity index (χ0n) is 15.2. The molecule has 2 aromatic heterocycles. The molecule has 0 spiro atoms. The predicted octanol–water partition coefficient (Wildman–Crippen LogP) is 2.93. The molecule has 0 saturated carbocycles. The van der Waals surface area contributed by atoms with Crippen molar-refractivity contribution in [3.63, 3.8) is 0 Å². The van der Waals surface area contributed by atoms with Crippen molar-refractivity contribution >= 4 is 22.8 Å². The van der Waals surface area contributed by atoms with Crippen molar-refractivity contribution in [1.82, 2.24) is 25.1 Å². The van der Waals surface area contributed by atoms with Crippen LogP contribution < -0.4 is 10.6 Å². The van der Waals surface area contributed by atoms with Crippen molar-refractivity contribution in [2.75, 3.05) is 11.9 Å². The van der Waals surface area contributed by atoms with Gasteiger partial charge in [0.05, 0.1) is 17.3 Å². The molecular weight excluding hydrogens is 352 g/mol. The number of para-hydroxylation sites is 1. The van der Waals surface area contributed by atoms with Crippen molar-refractivity contribution < 1.29 is 4.79 Å². The molecule has 0 aliphatic carbocycles. The first-order valence-corrected chi connectivity index (χ1v) is 9.10. The van der Waals surface area contributed by atoms with E-state index in [1.165, 1.54) is 6.33 Å². The third-order valence-corrected chi connectivity index (χ3v) is 4.34. The van der Waals surface area contributed by atoms with E-state index >= 15 is 0 Å². The average Bonchev–Trinajstić information content (AvgIpc) is 3.19. The van der Waals surface area contributed by atoms with Gasteiger partial charge in [0.25, 0.3) is 0 Å². The molecule has 2 N–H and O–H groups in total. The van der Waals surface area contributed by atoms with Gasteiger partial charge < -0.3 is 10.6 Å². The van der Waals surface area contributed by atoms with E-state index in [-0.39, 0.29) is 5.91 Å². The van der Waals surface area contributed by atoms with E-state index in [2.05, 4.69) is 25.7 Å². The maximum Gasteiger partial charge on any atom is 0.222 e. The van der Waals surface area contributed by atoms with Gasteiger partial charge in [-0.1, -0.05) is 48.5 Å². The van der Waals surface area contributed by atoms with Gasteiger partial charge in [-0.15, -0.1) is 0 Å². The average molecular weight is 372 g/mol. The summed E-state index contributed by atoms with van der Waals surface area (Å²) in [5.74, 6) is 0.657. The van der Waals surface area contributed by atoms with Crippen molar-refractivity contribution in [2.24, 2.45) is 0 Å². The molecule has 0 aliphatic heterocycles. The minimum Gasteiger partial charge on any atom is -0.369 e. The van der Waals surface area contributed by atoms with E-state index in [1.54, 1.807) is 10.9 Å². The van der Waals surface area contributed by atoms with Gasteiger partial charge in [-0.05, 0) is 17.7 Å². The van der Waals surface area contributed by atoms with Crippen molar-refractivity contribution in [3.05, 3.63) is 78.8 Å². The van der Waals surface area contributed by atoms with Crippen LogP contribution in [-0.4, -0.2) is 32.2 Å². The molecule has 1 amide bonds. The van der Waals surface area contributed by atoms with Crippen molar-refractivity contribution in [3.8, 4) is 5.69 Å². The highest BCUT2D eigenvalue weighted by atomic mass is 16.1. The van der Waals surface area contributed by atoms with Gasteiger partial charge >= 0.3 is 0 Å². The second-order valence-electron chi connectivity index (χ2n) is 6.29. The number of aromatic nitrogens is 4.